The van der Waals surface area contributed by atoms with E-state index in [1.54, 1.807) is 25.9 Å². The summed E-state index contributed by atoms with van der Waals surface area (Å²) in [7, 11) is 5.52. The molecule has 1 rings (SSSR count). The van der Waals surface area contributed by atoms with E-state index in [1.165, 1.54) is 10.5 Å². The van der Waals surface area contributed by atoms with Gasteiger partial charge in [0.05, 0.1) is 6.61 Å². The van der Waals surface area contributed by atoms with Crippen molar-refractivity contribution in [2.24, 2.45) is 4.99 Å². The Hall–Kier alpha value is -1.20. The molecule has 0 bridgehead atoms. The second-order valence-corrected chi connectivity index (χ2v) is 5.05. The molecule has 0 fully saturated rings. The van der Waals surface area contributed by atoms with Gasteiger partial charge >= 0.3 is 0 Å². The number of hydrogen-bond acceptors (Lipinski definition) is 3. The maximum Gasteiger partial charge on any atom is 0.193 e. The Kier molecular flexibility index (Phi) is 7.36. The van der Waals surface area contributed by atoms with Gasteiger partial charge in [0.15, 0.2) is 5.96 Å². The molecule has 1 aromatic rings. The molecule has 0 unspecified atom stereocenters. The first-order chi connectivity index (χ1) is 9.21. The van der Waals surface area contributed by atoms with E-state index in [4.69, 9.17) is 4.74 Å². The van der Waals surface area contributed by atoms with E-state index in [0.717, 1.165) is 19.0 Å². The fourth-order valence-corrected chi connectivity index (χ4v) is 2.14. The first-order valence-electron chi connectivity index (χ1n) is 6.25. The summed E-state index contributed by atoms with van der Waals surface area (Å²) in [6.45, 7) is 2.27. The summed E-state index contributed by atoms with van der Waals surface area (Å²) in [5.41, 5.74) is 1.27. The number of ether oxygens (including phenoxy) is 1. The third kappa shape index (κ3) is 5.53. The number of nitrogens with one attached hydrogen (secondary N) is 1. The van der Waals surface area contributed by atoms with Crippen molar-refractivity contribution >= 4 is 17.7 Å². The lowest BCUT2D eigenvalue weighted by molar-refractivity contribution is 0.203. The predicted molar refractivity (Wildman–Crippen MR) is 82.9 cm³/mol. The van der Waals surface area contributed by atoms with Crippen LogP contribution in [-0.2, 0) is 11.3 Å². The molecule has 19 heavy (non-hydrogen) atoms. The summed E-state index contributed by atoms with van der Waals surface area (Å²) in [6, 6.07) is 8.61. The summed E-state index contributed by atoms with van der Waals surface area (Å²) in [4.78, 5) is 7.65. The van der Waals surface area contributed by atoms with E-state index in [-0.39, 0.29) is 0 Å². The molecular formula is C14H23N3OS. The lowest BCUT2D eigenvalue weighted by Crippen LogP contribution is -2.39. The van der Waals surface area contributed by atoms with Crippen LogP contribution in [0, 0.1) is 0 Å². The summed E-state index contributed by atoms with van der Waals surface area (Å²) in [6.07, 6.45) is 2.09. The highest BCUT2D eigenvalue weighted by atomic mass is 32.2. The third-order valence-electron chi connectivity index (χ3n) is 2.74. The van der Waals surface area contributed by atoms with E-state index >= 15 is 0 Å². The smallest absolute Gasteiger partial charge is 0.193 e. The predicted octanol–water partition coefficient (Wildman–Crippen LogP) is 2.06. The number of nitrogens with zero attached hydrogens (tertiary/aromatic N) is 2. The molecule has 0 saturated carbocycles. The zero-order valence-corrected chi connectivity index (χ0v) is 13.0. The van der Waals surface area contributed by atoms with Crippen molar-refractivity contribution in [3.8, 4) is 0 Å². The minimum atomic E-state index is 0.676. The maximum absolute atomic E-state index is 5.02. The maximum atomic E-state index is 5.02. The first kappa shape index (κ1) is 15.9. The number of thioether (sulfide) groups is 1. The second-order valence-electron chi connectivity index (χ2n) is 4.17. The van der Waals surface area contributed by atoms with Gasteiger partial charge in [0.1, 0.15) is 0 Å². The summed E-state index contributed by atoms with van der Waals surface area (Å²) in [5, 5.41) is 3.26. The van der Waals surface area contributed by atoms with Gasteiger partial charge in [-0.05, 0) is 24.0 Å². The quantitative estimate of drug-likeness (QED) is 0.375. The van der Waals surface area contributed by atoms with Gasteiger partial charge in [-0.25, -0.2) is 0 Å². The SMILES string of the molecule is CN=C(NCCOC)N(C)Cc1ccc(SC)cc1. The highest BCUT2D eigenvalue weighted by Crippen LogP contribution is 2.15. The van der Waals surface area contributed by atoms with Gasteiger partial charge in [-0.3, -0.25) is 4.99 Å². The number of methoxy groups -OCH3 is 1. The second kappa shape index (κ2) is 8.82. The van der Waals surface area contributed by atoms with Crippen molar-refractivity contribution in [3.05, 3.63) is 29.8 Å². The van der Waals surface area contributed by atoms with Crippen LogP contribution in [0.25, 0.3) is 0 Å². The number of aliphatic imine (C=N–C) groups is 1. The Morgan fingerprint density at radius 1 is 1.37 bits per heavy atom. The lowest BCUT2D eigenvalue weighted by Gasteiger charge is -2.22. The van der Waals surface area contributed by atoms with Crippen molar-refractivity contribution in [2.45, 2.75) is 11.4 Å². The van der Waals surface area contributed by atoms with Crippen molar-refractivity contribution < 1.29 is 4.74 Å². The highest BCUT2D eigenvalue weighted by Gasteiger charge is 2.05. The molecule has 0 aliphatic heterocycles. The number of rotatable bonds is 6. The zero-order chi connectivity index (χ0) is 14.1. The molecule has 5 heteroatoms. The van der Waals surface area contributed by atoms with E-state index in [2.05, 4.69) is 45.7 Å². The molecule has 1 N–H and O–H groups in total. The zero-order valence-electron chi connectivity index (χ0n) is 12.1. The Morgan fingerprint density at radius 3 is 2.58 bits per heavy atom. The van der Waals surface area contributed by atoms with Crippen LogP contribution in [0.5, 0.6) is 0 Å². The van der Waals surface area contributed by atoms with Crippen molar-refractivity contribution in [3.63, 3.8) is 0 Å². The molecular weight excluding hydrogens is 258 g/mol. The van der Waals surface area contributed by atoms with E-state index in [0.29, 0.717) is 6.61 Å². The van der Waals surface area contributed by atoms with Gasteiger partial charge in [0.2, 0.25) is 0 Å². The largest absolute Gasteiger partial charge is 0.383 e. The molecule has 0 radical (unpaired) electrons. The van der Waals surface area contributed by atoms with Gasteiger partial charge in [-0.1, -0.05) is 12.1 Å². The van der Waals surface area contributed by atoms with Crippen LogP contribution in [0.2, 0.25) is 0 Å². The van der Waals surface area contributed by atoms with Crippen LogP contribution in [0.3, 0.4) is 0 Å². The standard InChI is InChI=1S/C14H23N3OS/c1-15-14(16-9-10-18-3)17(2)11-12-5-7-13(19-4)8-6-12/h5-8H,9-11H2,1-4H3,(H,15,16). The van der Waals surface area contributed by atoms with Crippen molar-refractivity contribution in [1.82, 2.24) is 10.2 Å². The minimum absolute atomic E-state index is 0.676. The minimum Gasteiger partial charge on any atom is -0.383 e. The number of benzene rings is 1. The lowest BCUT2D eigenvalue weighted by atomic mass is 10.2. The molecule has 4 nitrogen and oxygen atoms in total. The normalized spacial score (nSPS) is 11.5. The monoisotopic (exact) mass is 281 g/mol. The molecule has 0 saturated heterocycles. The van der Waals surface area contributed by atoms with E-state index in [1.807, 2.05) is 7.05 Å². The number of guanidine groups is 1. The van der Waals surface area contributed by atoms with Gasteiger partial charge < -0.3 is 15.0 Å². The highest BCUT2D eigenvalue weighted by molar-refractivity contribution is 7.98. The molecule has 0 heterocycles. The summed E-state index contributed by atoms with van der Waals surface area (Å²) in [5.74, 6) is 0.881. The fourth-order valence-electron chi connectivity index (χ4n) is 1.73. The van der Waals surface area contributed by atoms with Crippen LogP contribution < -0.4 is 5.32 Å². The Balaban J connectivity index is 2.53. The molecule has 1 aromatic carbocycles. The van der Waals surface area contributed by atoms with Crippen LogP contribution in [0.4, 0.5) is 0 Å². The molecule has 0 atom stereocenters. The Labute approximate surface area is 120 Å². The molecule has 0 aromatic heterocycles. The van der Waals surface area contributed by atoms with Gasteiger partial charge in [0.25, 0.3) is 0 Å². The Morgan fingerprint density at radius 2 is 2.05 bits per heavy atom. The summed E-state index contributed by atoms with van der Waals surface area (Å²) < 4.78 is 5.02. The van der Waals surface area contributed by atoms with Crippen molar-refractivity contribution in [1.29, 1.82) is 0 Å². The molecule has 0 spiro atoms. The average Bonchev–Trinajstić information content (AvgIpc) is 2.44. The van der Waals surface area contributed by atoms with Crippen LogP contribution in [0.15, 0.2) is 34.2 Å². The van der Waals surface area contributed by atoms with Crippen LogP contribution >= 0.6 is 11.8 Å². The van der Waals surface area contributed by atoms with Gasteiger partial charge in [-0.15, -0.1) is 11.8 Å². The first-order valence-corrected chi connectivity index (χ1v) is 7.47. The third-order valence-corrected chi connectivity index (χ3v) is 3.49. The average molecular weight is 281 g/mol. The Bertz CT molecular complexity index is 392. The molecule has 106 valence electrons. The van der Waals surface area contributed by atoms with Crippen LogP contribution in [-0.4, -0.2) is 51.5 Å². The number of hydrogen-bond donors (Lipinski definition) is 1. The van der Waals surface area contributed by atoms with E-state index < -0.39 is 0 Å². The van der Waals surface area contributed by atoms with E-state index in [9.17, 15) is 0 Å². The fraction of sp³-hybridized carbons (Fsp3) is 0.500. The molecule has 0 amide bonds. The van der Waals surface area contributed by atoms with Crippen LogP contribution in [0.1, 0.15) is 5.56 Å². The van der Waals surface area contributed by atoms with Gasteiger partial charge in [-0.2, -0.15) is 0 Å². The summed E-state index contributed by atoms with van der Waals surface area (Å²) >= 11 is 1.76. The van der Waals surface area contributed by atoms with Gasteiger partial charge in [0, 0.05) is 39.2 Å². The molecule has 0 aliphatic rings. The topological polar surface area (TPSA) is 36.9 Å². The molecule has 0 aliphatic carbocycles. The van der Waals surface area contributed by atoms with Crippen molar-refractivity contribution in [2.75, 3.05) is 40.6 Å².